The predicted molar refractivity (Wildman–Crippen MR) is 92.2 cm³/mol. The summed E-state index contributed by atoms with van der Waals surface area (Å²) in [6.07, 6.45) is 5.70. The van der Waals surface area contributed by atoms with Gasteiger partial charge in [-0.15, -0.1) is 0 Å². The van der Waals surface area contributed by atoms with Crippen molar-refractivity contribution in [3.63, 3.8) is 0 Å². The summed E-state index contributed by atoms with van der Waals surface area (Å²) in [6, 6.07) is 0. The largest absolute Gasteiger partial charge is 0.393 e. The van der Waals surface area contributed by atoms with Gasteiger partial charge in [0.05, 0.1) is 19.3 Å². The van der Waals surface area contributed by atoms with Crippen molar-refractivity contribution in [2.24, 2.45) is 53.3 Å². The summed E-state index contributed by atoms with van der Waals surface area (Å²) in [5, 5.41) is 10.9. The zero-order chi connectivity index (χ0) is 16.6. The lowest BCUT2D eigenvalue weighted by atomic mass is 9.61. The van der Waals surface area contributed by atoms with E-state index in [-0.39, 0.29) is 6.10 Å². The van der Waals surface area contributed by atoms with Gasteiger partial charge in [0.2, 0.25) is 0 Å². The molecule has 1 saturated heterocycles. The van der Waals surface area contributed by atoms with Crippen LogP contribution < -0.4 is 0 Å². The van der Waals surface area contributed by atoms with E-state index in [1.807, 2.05) is 6.92 Å². The number of hydrogen-bond donors (Lipinski definition) is 1. The van der Waals surface area contributed by atoms with E-state index in [2.05, 4.69) is 13.8 Å². The number of ether oxygens (including phenoxy) is 2. The average molecular weight is 335 g/mol. The van der Waals surface area contributed by atoms with Crippen molar-refractivity contribution in [3.05, 3.63) is 0 Å². The molecule has 5 aliphatic rings. The molecule has 5 rings (SSSR count). The third-order valence-electron chi connectivity index (χ3n) is 9.18. The fourth-order valence-corrected chi connectivity index (χ4v) is 8.05. The van der Waals surface area contributed by atoms with E-state index in [0.29, 0.717) is 19.1 Å². The monoisotopic (exact) mass is 334 g/mol. The molecule has 0 aromatic carbocycles. The van der Waals surface area contributed by atoms with Crippen LogP contribution in [0.15, 0.2) is 0 Å². The molecular weight excluding hydrogens is 300 g/mol. The first-order chi connectivity index (χ1) is 11.5. The summed E-state index contributed by atoms with van der Waals surface area (Å²) >= 11 is 0. The Labute approximate surface area is 146 Å². The van der Waals surface area contributed by atoms with Crippen LogP contribution in [0.2, 0.25) is 0 Å². The topological polar surface area (TPSA) is 38.7 Å². The van der Waals surface area contributed by atoms with Gasteiger partial charge in [0.15, 0.2) is 5.79 Å². The Balaban J connectivity index is 1.26. The van der Waals surface area contributed by atoms with Crippen LogP contribution in [0, 0.1) is 53.3 Å². The first kappa shape index (κ1) is 16.1. The summed E-state index contributed by atoms with van der Waals surface area (Å²) < 4.78 is 11.4. The van der Waals surface area contributed by atoms with Crippen LogP contribution in [-0.4, -0.2) is 30.2 Å². The third-order valence-corrected chi connectivity index (χ3v) is 9.18. The maximum absolute atomic E-state index is 10.9. The minimum atomic E-state index is -0.447. The van der Waals surface area contributed by atoms with Crippen molar-refractivity contribution in [2.75, 3.05) is 13.2 Å². The third kappa shape index (κ3) is 2.13. The molecule has 3 heteroatoms. The molecule has 3 nitrogen and oxygen atoms in total. The van der Waals surface area contributed by atoms with Gasteiger partial charge in [-0.3, -0.25) is 0 Å². The van der Waals surface area contributed by atoms with Crippen molar-refractivity contribution in [1.29, 1.82) is 0 Å². The molecule has 10 unspecified atom stereocenters. The molecule has 0 spiro atoms. The lowest BCUT2D eigenvalue weighted by Crippen LogP contribution is -2.42. The molecule has 0 radical (unpaired) electrons. The first-order valence-corrected chi connectivity index (χ1v) is 10.4. The van der Waals surface area contributed by atoms with Gasteiger partial charge < -0.3 is 14.6 Å². The van der Waals surface area contributed by atoms with Crippen molar-refractivity contribution >= 4 is 0 Å². The van der Waals surface area contributed by atoms with E-state index < -0.39 is 5.79 Å². The molecule has 4 aliphatic carbocycles. The molecule has 24 heavy (non-hydrogen) atoms. The van der Waals surface area contributed by atoms with Crippen molar-refractivity contribution in [1.82, 2.24) is 0 Å². The fraction of sp³-hybridized carbons (Fsp3) is 1.00. The molecule has 1 N–H and O–H groups in total. The molecule has 1 aliphatic heterocycles. The van der Waals surface area contributed by atoms with Gasteiger partial charge in [0.1, 0.15) is 0 Å². The van der Waals surface area contributed by atoms with E-state index in [4.69, 9.17) is 9.47 Å². The Hall–Kier alpha value is -0.120. The molecular formula is C21H34O3. The van der Waals surface area contributed by atoms with Gasteiger partial charge in [-0.2, -0.15) is 0 Å². The van der Waals surface area contributed by atoms with E-state index >= 15 is 0 Å². The van der Waals surface area contributed by atoms with Crippen LogP contribution in [0.4, 0.5) is 0 Å². The van der Waals surface area contributed by atoms with E-state index in [1.165, 1.54) is 19.3 Å². The number of hydrogen-bond acceptors (Lipinski definition) is 3. The molecule has 5 fully saturated rings. The zero-order valence-corrected chi connectivity index (χ0v) is 15.5. The van der Waals surface area contributed by atoms with Crippen LogP contribution in [0.5, 0.6) is 0 Å². The normalized spacial score (nSPS) is 55.2. The lowest BCUT2D eigenvalue weighted by Gasteiger charge is -2.44. The highest BCUT2D eigenvalue weighted by Crippen LogP contribution is 2.71. The average Bonchev–Trinajstić information content (AvgIpc) is 3.33. The Morgan fingerprint density at radius 2 is 1.62 bits per heavy atom. The van der Waals surface area contributed by atoms with Crippen LogP contribution in [0.1, 0.15) is 52.9 Å². The number of aliphatic hydroxyl groups excluding tert-OH is 1. The molecule has 10 atom stereocenters. The van der Waals surface area contributed by atoms with Crippen molar-refractivity contribution in [3.8, 4) is 0 Å². The van der Waals surface area contributed by atoms with Crippen molar-refractivity contribution < 1.29 is 14.6 Å². The van der Waals surface area contributed by atoms with Crippen LogP contribution in [0.3, 0.4) is 0 Å². The molecule has 0 amide bonds. The van der Waals surface area contributed by atoms with Crippen LogP contribution in [0.25, 0.3) is 0 Å². The highest BCUT2D eigenvalue weighted by Gasteiger charge is 2.66. The smallest absolute Gasteiger partial charge is 0.165 e. The predicted octanol–water partition coefficient (Wildman–Crippen LogP) is 3.70. The summed E-state index contributed by atoms with van der Waals surface area (Å²) in [7, 11) is 0. The van der Waals surface area contributed by atoms with E-state index in [1.54, 1.807) is 0 Å². The number of aliphatic hydroxyl groups is 1. The Kier molecular flexibility index (Phi) is 3.64. The minimum Gasteiger partial charge on any atom is -0.393 e. The van der Waals surface area contributed by atoms with Gasteiger partial charge in [-0.05, 0) is 85.9 Å². The molecule has 4 saturated carbocycles. The highest BCUT2D eigenvalue weighted by atomic mass is 16.7. The zero-order valence-electron chi connectivity index (χ0n) is 15.5. The van der Waals surface area contributed by atoms with Gasteiger partial charge in [0, 0.05) is 6.42 Å². The summed E-state index contributed by atoms with van der Waals surface area (Å²) in [6.45, 7) is 8.43. The molecule has 4 bridgehead atoms. The lowest BCUT2D eigenvalue weighted by molar-refractivity contribution is -0.153. The fourth-order valence-electron chi connectivity index (χ4n) is 8.05. The maximum atomic E-state index is 10.9. The molecule has 136 valence electrons. The second kappa shape index (κ2) is 5.44. The SMILES string of the molecule is CC1C(C)C2CC1C1C3CC(C(O)CCC4(C)OCCO4)C(C3)C21. The summed E-state index contributed by atoms with van der Waals surface area (Å²) in [5.41, 5.74) is 0. The van der Waals surface area contributed by atoms with E-state index in [0.717, 1.165) is 60.2 Å². The quantitative estimate of drug-likeness (QED) is 0.797. The van der Waals surface area contributed by atoms with Gasteiger partial charge in [-0.1, -0.05) is 13.8 Å². The Morgan fingerprint density at radius 1 is 0.958 bits per heavy atom. The Morgan fingerprint density at radius 3 is 2.33 bits per heavy atom. The second-order valence-corrected chi connectivity index (χ2v) is 9.93. The molecule has 0 aromatic heterocycles. The highest BCUT2D eigenvalue weighted by molar-refractivity contribution is 5.14. The van der Waals surface area contributed by atoms with Gasteiger partial charge in [0.25, 0.3) is 0 Å². The standard InChI is InChI=1S/C21H34O3/c1-11-12(2)15-10-14(11)19-13-8-16(17(9-13)20(15)19)18(22)4-5-21(3)23-6-7-24-21/h11-20,22H,4-10H2,1-3H3. The Bertz CT molecular complexity index is 499. The van der Waals surface area contributed by atoms with E-state index in [9.17, 15) is 5.11 Å². The second-order valence-electron chi connectivity index (χ2n) is 9.93. The van der Waals surface area contributed by atoms with Crippen molar-refractivity contribution in [2.45, 2.75) is 64.8 Å². The number of rotatable bonds is 4. The molecule has 0 aromatic rings. The number of fused-ring (bicyclic) bond motifs is 9. The van der Waals surface area contributed by atoms with Gasteiger partial charge >= 0.3 is 0 Å². The summed E-state index contributed by atoms with van der Waals surface area (Å²) in [5.74, 6) is 7.57. The van der Waals surface area contributed by atoms with Crippen LogP contribution >= 0.6 is 0 Å². The minimum absolute atomic E-state index is 0.155. The molecule has 1 heterocycles. The summed E-state index contributed by atoms with van der Waals surface area (Å²) in [4.78, 5) is 0. The maximum Gasteiger partial charge on any atom is 0.165 e. The van der Waals surface area contributed by atoms with Crippen LogP contribution in [-0.2, 0) is 9.47 Å². The van der Waals surface area contributed by atoms with Gasteiger partial charge in [-0.25, -0.2) is 0 Å². The first-order valence-electron chi connectivity index (χ1n) is 10.4.